The van der Waals surface area contributed by atoms with E-state index in [9.17, 15) is 13.2 Å². The molecule has 2 heterocycles. The Labute approximate surface area is 157 Å². The van der Waals surface area contributed by atoms with Gasteiger partial charge in [-0.1, -0.05) is 0 Å². The summed E-state index contributed by atoms with van der Waals surface area (Å²) in [6.07, 6.45) is 1.71. The predicted molar refractivity (Wildman–Crippen MR) is 104 cm³/mol. The molecule has 2 aliphatic rings. The summed E-state index contributed by atoms with van der Waals surface area (Å²) in [5.74, 6) is 0. The van der Waals surface area contributed by atoms with Gasteiger partial charge in [-0.25, -0.2) is 17.9 Å². The van der Waals surface area contributed by atoms with Gasteiger partial charge in [0, 0.05) is 23.4 Å². The lowest BCUT2D eigenvalue weighted by Crippen LogP contribution is -2.34. The molecule has 142 valence electrons. The standard InChI is InChI=1S/C17H24N4O3S2/c1-10-15(25-11(2)18-10)9-21-14-5-4-12(8-13(14)19-16(21)22)26(23,24)20-17(3)6-7-17/h4-5,8,10-11,15,18,20H,6-7,9H2,1-3H3,(H,19,22). The molecule has 2 aromatic rings. The number of fused-ring (bicyclic) bond motifs is 1. The van der Waals surface area contributed by atoms with Crippen molar-refractivity contribution in [1.82, 2.24) is 19.6 Å². The van der Waals surface area contributed by atoms with Gasteiger partial charge < -0.3 is 10.3 Å². The van der Waals surface area contributed by atoms with Crippen LogP contribution in [-0.2, 0) is 16.6 Å². The van der Waals surface area contributed by atoms with Crippen molar-refractivity contribution in [2.24, 2.45) is 0 Å². The van der Waals surface area contributed by atoms with Crippen LogP contribution < -0.4 is 15.7 Å². The molecule has 7 nitrogen and oxygen atoms in total. The Bertz CT molecular complexity index is 1010. The number of nitrogens with one attached hydrogen (secondary N) is 3. The number of H-pyrrole nitrogens is 1. The number of sulfonamides is 1. The molecule has 9 heteroatoms. The molecule has 1 saturated carbocycles. The number of aromatic nitrogens is 2. The highest BCUT2D eigenvalue weighted by Gasteiger charge is 2.41. The number of thioether (sulfide) groups is 1. The van der Waals surface area contributed by atoms with Crippen LogP contribution in [0.15, 0.2) is 27.9 Å². The Morgan fingerprint density at radius 2 is 2.08 bits per heavy atom. The molecule has 0 radical (unpaired) electrons. The first-order chi connectivity index (χ1) is 12.2. The zero-order valence-electron chi connectivity index (χ0n) is 15.1. The van der Waals surface area contributed by atoms with Crippen molar-refractivity contribution in [2.75, 3.05) is 0 Å². The van der Waals surface area contributed by atoms with E-state index in [1.807, 2.05) is 18.7 Å². The van der Waals surface area contributed by atoms with E-state index < -0.39 is 10.0 Å². The third-order valence-corrected chi connectivity index (χ3v) is 8.32. The van der Waals surface area contributed by atoms with Crippen molar-refractivity contribution in [1.29, 1.82) is 0 Å². The Morgan fingerprint density at radius 1 is 1.35 bits per heavy atom. The fraction of sp³-hybridized carbons (Fsp3) is 0.588. The smallest absolute Gasteiger partial charge is 0.305 e. The van der Waals surface area contributed by atoms with E-state index in [1.165, 1.54) is 0 Å². The first kappa shape index (κ1) is 18.1. The second kappa shape index (κ2) is 6.12. The first-order valence-corrected chi connectivity index (χ1v) is 11.3. The molecule has 3 N–H and O–H groups in total. The van der Waals surface area contributed by atoms with Crippen molar-refractivity contribution >= 4 is 32.8 Å². The van der Waals surface area contributed by atoms with Crippen LogP contribution in [0, 0.1) is 0 Å². The fourth-order valence-corrected chi connectivity index (χ4v) is 6.30. The van der Waals surface area contributed by atoms with E-state index in [0.717, 1.165) is 18.4 Å². The lowest BCUT2D eigenvalue weighted by molar-refractivity contribution is 0.521. The molecule has 3 atom stereocenters. The number of hydrogen-bond donors (Lipinski definition) is 3. The number of benzene rings is 1. The average molecular weight is 397 g/mol. The molecule has 0 spiro atoms. The lowest BCUT2D eigenvalue weighted by atomic mass is 10.2. The molecule has 4 rings (SSSR count). The monoisotopic (exact) mass is 396 g/mol. The molecule has 2 fully saturated rings. The molecule has 0 bridgehead atoms. The third kappa shape index (κ3) is 3.33. The molecule has 1 saturated heterocycles. The van der Waals surface area contributed by atoms with Crippen molar-refractivity contribution in [3.05, 3.63) is 28.7 Å². The van der Waals surface area contributed by atoms with Crippen LogP contribution in [0.5, 0.6) is 0 Å². The van der Waals surface area contributed by atoms with Gasteiger partial charge in [-0.05, 0) is 51.8 Å². The maximum absolute atomic E-state index is 12.6. The topological polar surface area (TPSA) is 96.0 Å². The maximum atomic E-state index is 12.6. The van der Waals surface area contributed by atoms with Gasteiger partial charge in [-0.15, -0.1) is 11.8 Å². The summed E-state index contributed by atoms with van der Waals surface area (Å²) in [6, 6.07) is 5.16. The maximum Gasteiger partial charge on any atom is 0.326 e. The van der Waals surface area contributed by atoms with Gasteiger partial charge in [0.2, 0.25) is 10.0 Å². The number of aromatic amines is 1. The minimum Gasteiger partial charge on any atom is -0.305 e. The number of rotatable bonds is 5. The highest BCUT2D eigenvalue weighted by atomic mass is 32.2. The molecule has 1 aliphatic carbocycles. The van der Waals surface area contributed by atoms with Gasteiger partial charge in [-0.3, -0.25) is 4.57 Å². The molecule has 1 aromatic heterocycles. The highest BCUT2D eigenvalue weighted by molar-refractivity contribution is 8.00. The summed E-state index contributed by atoms with van der Waals surface area (Å²) in [4.78, 5) is 15.4. The van der Waals surface area contributed by atoms with Crippen LogP contribution in [0.4, 0.5) is 0 Å². The summed E-state index contributed by atoms with van der Waals surface area (Å²) in [5.41, 5.74) is 0.755. The summed E-state index contributed by atoms with van der Waals surface area (Å²) >= 11 is 1.82. The van der Waals surface area contributed by atoms with E-state index in [0.29, 0.717) is 28.7 Å². The Morgan fingerprint density at radius 3 is 2.69 bits per heavy atom. The van der Waals surface area contributed by atoms with Gasteiger partial charge >= 0.3 is 5.69 Å². The normalized spacial score (nSPS) is 27.9. The Kier molecular flexibility index (Phi) is 4.26. The van der Waals surface area contributed by atoms with E-state index >= 15 is 0 Å². The van der Waals surface area contributed by atoms with Crippen LogP contribution >= 0.6 is 11.8 Å². The largest absolute Gasteiger partial charge is 0.326 e. The van der Waals surface area contributed by atoms with Crippen LogP contribution in [0.1, 0.15) is 33.6 Å². The second-order valence-corrected chi connectivity index (χ2v) is 10.9. The highest BCUT2D eigenvalue weighted by Crippen LogP contribution is 2.36. The van der Waals surface area contributed by atoms with Crippen LogP contribution in [0.3, 0.4) is 0 Å². The second-order valence-electron chi connectivity index (χ2n) is 7.66. The molecular formula is C17H24N4O3S2. The van der Waals surface area contributed by atoms with Gasteiger partial charge in [0.15, 0.2) is 0 Å². The summed E-state index contributed by atoms with van der Waals surface area (Å²) in [5, 5.41) is 4.11. The molecule has 0 amide bonds. The zero-order chi connectivity index (χ0) is 18.7. The van der Waals surface area contributed by atoms with Gasteiger partial charge in [-0.2, -0.15) is 0 Å². The van der Waals surface area contributed by atoms with Gasteiger partial charge in [0.1, 0.15) is 0 Å². The molecule has 3 unspecified atom stereocenters. The van der Waals surface area contributed by atoms with E-state index in [2.05, 4.69) is 28.9 Å². The van der Waals surface area contributed by atoms with E-state index in [4.69, 9.17) is 0 Å². The minimum absolute atomic E-state index is 0.186. The lowest BCUT2D eigenvalue weighted by Gasteiger charge is -2.15. The van der Waals surface area contributed by atoms with Gasteiger partial charge in [0.25, 0.3) is 0 Å². The third-order valence-electron chi connectivity index (χ3n) is 5.23. The van der Waals surface area contributed by atoms with Crippen LogP contribution in [0.25, 0.3) is 11.0 Å². The molecule has 26 heavy (non-hydrogen) atoms. The van der Waals surface area contributed by atoms with Gasteiger partial charge in [0.05, 0.1) is 21.3 Å². The zero-order valence-corrected chi connectivity index (χ0v) is 16.7. The summed E-state index contributed by atoms with van der Waals surface area (Å²) in [6.45, 7) is 6.72. The van der Waals surface area contributed by atoms with Crippen molar-refractivity contribution < 1.29 is 8.42 Å². The Balaban J connectivity index is 1.65. The fourth-order valence-electron chi connectivity index (χ4n) is 3.44. The summed E-state index contributed by atoms with van der Waals surface area (Å²) in [7, 11) is -3.58. The van der Waals surface area contributed by atoms with Crippen molar-refractivity contribution in [3.63, 3.8) is 0 Å². The number of imidazole rings is 1. The molecular weight excluding hydrogens is 372 g/mol. The molecule has 1 aliphatic heterocycles. The first-order valence-electron chi connectivity index (χ1n) is 8.85. The predicted octanol–water partition coefficient (Wildman–Crippen LogP) is 1.60. The average Bonchev–Trinajstić information content (AvgIpc) is 3.05. The number of hydrogen-bond acceptors (Lipinski definition) is 5. The summed E-state index contributed by atoms with van der Waals surface area (Å²) < 4.78 is 29.6. The van der Waals surface area contributed by atoms with Crippen LogP contribution in [0.2, 0.25) is 0 Å². The Hall–Kier alpha value is -1.29. The van der Waals surface area contributed by atoms with E-state index in [1.54, 1.807) is 22.8 Å². The quantitative estimate of drug-likeness (QED) is 0.713. The van der Waals surface area contributed by atoms with E-state index in [-0.39, 0.29) is 16.1 Å². The van der Waals surface area contributed by atoms with Crippen molar-refractivity contribution in [2.45, 2.75) is 67.3 Å². The van der Waals surface area contributed by atoms with Crippen molar-refractivity contribution in [3.8, 4) is 0 Å². The van der Waals surface area contributed by atoms with Crippen LogP contribution in [-0.4, -0.2) is 40.2 Å². The SMILES string of the molecule is CC1NC(C)C(Cn2c(=O)[nH]c3cc(S(=O)(=O)NC4(C)CC4)ccc32)S1. The molecule has 1 aromatic carbocycles. The minimum atomic E-state index is -3.58. The number of nitrogens with zero attached hydrogens (tertiary/aromatic N) is 1.